The van der Waals surface area contributed by atoms with Crippen molar-refractivity contribution in [2.24, 2.45) is 13.0 Å². The zero-order valence-electron chi connectivity index (χ0n) is 11.4. The van der Waals surface area contributed by atoms with E-state index in [0.717, 1.165) is 18.9 Å². The maximum Gasteiger partial charge on any atom is 0.0625 e. The molecule has 1 heterocycles. The monoisotopic (exact) mass is 235 g/mol. The molecule has 1 aliphatic carbocycles. The molecule has 1 aliphatic rings. The standard InChI is InChI=1S/C14H25N3/c1-4-12-9-14(17(3)16-12)10-15-13-7-5-11(2)6-8-13/h9,11,13,15H,4-8,10H2,1-3H3. The number of nitrogens with one attached hydrogen (secondary N) is 1. The molecule has 2 rings (SSSR count). The van der Waals surface area contributed by atoms with Crippen LogP contribution in [0.3, 0.4) is 0 Å². The Bertz CT molecular complexity index is 348. The van der Waals surface area contributed by atoms with Crippen LogP contribution in [0, 0.1) is 5.92 Å². The second-order valence-electron chi connectivity index (χ2n) is 5.44. The molecule has 1 aromatic heterocycles. The SMILES string of the molecule is CCc1cc(CNC2CCC(C)CC2)n(C)n1. The fraction of sp³-hybridized carbons (Fsp3) is 0.786. The van der Waals surface area contributed by atoms with Crippen molar-refractivity contribution in [1.82, 2.24) is 15.1 Å². The highest BCUT2D eigenvalue weighted by molar-refractivity contribution is 5.10. The van der Waals surface area contributed by atoms with Gasteiger partial charge in [-0.15, -0.1) is 0 Å². The molecule has 0 spiro atoms. The second kappa shape index (κ2) is 5.67. The van der Waals surface area contributed by atoms with Gasteiger partial charge in [0.15, 0.2) is 0 Å². The Hall–Kier alpha value is -0.830. The van der Waals surface area contributed by atoms with Gasteiger partial charge in [-0.05, 0) is 44.1 Å². The summed E-state index contributed by atoms with van der Waals surface area (Å²) in [5, 5.41) is 8.16. The highest BCUT2D eigenvalue weighted by atomic mass is 15.3. The molecule has 0 radical (unpaired) electrons. The predicted molar refractivity (Wildman–Crippen MR) is 70.8 cm³/mol. The van der Waals surface area contributed by atoms with Gasteiger partial charge in [0.05, 0.1) is 11.4 Å². The van der Waals surface area contributed by atoms with Crippen molar-refractivity contribution < 1.29 is 0 Å². The van der Waals surface area contributed by atoms with Crippen molar-refractivity contribution in [3.8, 4) is 0 Å². The molecule has 0 saturated heterocycles. The lowest BCUT2D eigenvalue weighted by molar-refractivity contribution is 0.305. The Labute approximate surface area is 105 Å². The molecule has 0 bridgehead atoms. The average Bonchev–Trinajstić information content (AvgIpc) is 2.69. The minimum absolute atomic E-state index is 0.714. The van der Waals surface area contributed by atoms with Gasteiger partial charge in [-0.3, -0.25) is 4.68 Å². The number of aryl methyl sites for hydroxylation is 2. The Morgan fingerprint density at radius 2 is 2.06 bits per heavy atom. The second-order valence-corrected chi connectivity index (χ2v) is 5.44. The van der Waals surface area contributed by atoms with Crippen LogP contribution < -0.4 is 5.32 Å². The Morgan fingerprint density at radius 1 is 1.35 bits per heavy atom. The lowest BCUT2D eigenvalue weighted by atomic mass is 9.87. The number of nitrogens with zero attached hydrogens (tertiary/aromatic N) is 2. The summed E-state index contributed by atoms with van der Waals surface area (Å²) in [6.07, 6.45) is 6.45. The lowest BCUT2D eigenvalue weighted by Gasteiger charge is -2.27. The quantitative estimate of drug-likeness (QED) is 0.869. The maximum absolute atomic E-state index is 4.48. The largest absolute Gasteiger partial charge is 0.308 e. The number of rotatable bonds is 4. The van der Waals surface area contributed by atoms with Crippen molar-refractivity contribution in [3.05, 3.63) is 17.5 Å². The summed E-state index contributed by atoms with van der Waals surface area (Å²) in [7, 11) is 2.04. The molecular weight excluding hydrogens is 210 g/mol. The Kier molecular flexibility index (Phi) is 4.21. The van der Waals surface area contributed by atoms with Crippen molar-refractivity contribution in [2.45, 2.75) is 58.5 Å². The minimum atomic E-state index is 0.714. The molecule has 0 unspecified atom stereocenters. The van der Waals surface area contributed by atoms with E-state index in [-0.39, 0.29) is 0 Å². The summed E-state index contributed by atoms with van der Waals surface area (Å²) >= 11 is 0. The van der Waals surface area contributed by atoms with Crippen LogP contribution in [0.2, 0.25) is 0 Å². The summed E-state index contributed by atoms with van der Waals surface area (Å²) in [6, 6.07) is 2.93. The molecule has 1 N–H and O–H groups in total. The molecule has 96 valence electrons. The summed E-state index contributed by atoms with van der Waals surface area (Å²) < 4.78 is 2.01. The van der Waals surface area contributed by atoms with Crippen molar-refractivity contribution >= 4 is 0 Å². The van der Waals surface area contributed by atoms with E-state index in [0.29, 0.717) is 6.04 Å². The first-order valence-corrected chi connectivity index (χ1v) is 6.94. The van der Waals surface area contributed by atoms with Crippen LogP contribution >= 0.6 is 0 Å². The number of hydrogen-bond acceptors (Lipinski definition) is 2. The first-order valence-electron chi connectivity index (χ1n) is 6.94. The third-order valence-electron chi connectivity index (χ3n) is 3.98. The topological polar surface area (TPSA) is 29.9 Å². The summed E-state index contributed by atoms with van der Waals surface area (Å²) in [5.41, 5.74) is 2.50. The smallest absolute Gasteiger partial charge is 0.0625 e. The van der Waals surface area contributed by atoms with Crippen LogP contribution in [0.1, 0.15) is 50.9 Å². The molecular formula is C14H25N3. The molecule has 1 fully saturated rings. The first kappa shape index (κ1) is 12.6. The van der Waals surface area contributed by atoms with E-state index in [4.69, 9.17) is 0 Å². The summed E-state index contributed by atoms with van der Waals surface area (Å²) in [5.74, 6) is 0.927. The molecule has 0 aromatic carbocycles. The van der Waals surface area contributed by atoms with Crippen LogP contribution in [0.25, 0.3) is 0 Å². The Balaban J connectivity index is 1.83. The van der Waals surface area contributed by atoms with Crippen LogP contribution in [0.5, 0.6) is 0 Å². The maximum atomic E-state index is 4.48. The van der Waals surface area contributed by atoms with Gasteiger partial charge in [0.2, 0.25) is 0 Å². The number of aromatic nitrogens is 2. The summed E-state index contributed by atoms with van der Waals surface area (Å²) in [6.45, 7) is 5.48. The van der Waals surface area contributed by atoms with E-state index in [2.05, 4.69) is 30.3 Å². The van der Waals surface area contributed by atoms with E-state index in [1.165, 1.54) is 37.1 Å². The normalized spacial score (nSPS) is 25.1. The number of hydrogen-bond donors (Lipinski definition) is 1. The van der Waals surface area contributed by atoms with Crippen LogP contribution in [0.4, 0.5) is 0 Å². The van der Waals surface area contributed by atoms with E-state index < -0.39 is 0 Å². The molecule has 0 amide bonds. The van der Waals surface area contributed by atoms with Crippen molar-refractivity contribution in [1.29, 1.82) is 0 Å². The molecule has 17 heavy (non-hydrogen) atoms. The molecule has 1 aromatic rings. The van der Waals surface area contributed by atoms with Gasteiger partial charge in [0, 0.05) is 19.6 Å². The van der Waals surface area contributed by atoms with Gasteiger partial charge in [-0.2, -0.15) is 5.10 Å². The Morgan fingerprint density at radius 3 is 2.65 bits per heavy atom. The van der Waals surface area contributed by atoms with E-state index >= 15 is 0 Å². The summed E-state index contributed by atoms with van der Waals surface area (Å²) in [4.78, 5) is 0. The highest BCUT2D eigenvalue weighted by Crippen LogP contribution is 2.23. The van der Waals surface area contributed by atoms with Crippen molar-refractivity contribution in [3.63, 3.8) is 0 Å². The first-order chi connectivity index (χ1) is 8.19. The zero-order valence-corrected chi connectivity index (χ0v) is 11.4. The molecule has 1 saturated carbocycles. The van der Waals surface area contributed by atoms with Crippen LogP contribution in [-0.2, 0) is 20.0 Å². The highest BCUT2D eigenvalue weighted by Gasteiger charge is 2.17. The van der Waals surface area contributed by atoms with Gasteiger partial charge in [-0.1, -0.05) is 13.8 Å². The van der Waals surface area contributed by atoms with Crippen molar-refractivity contribution in [2.75, 3.05) is 0 Å². The van der Waals surface area contributed by atoms with E-state index in [1.54, 1.807) is 0 Å². The fourth-order valence-corrected chi connectivity index (χ4v) is 2.62. The molecule has 0 aliphatic heterocycles. The van der Waals surface area contributed by atoms with Gasteiger partial charge in [-0.25, -0.2) is 0 Å². The average molecular weight is 235 g/mol. The minimum Gasteiger partial charge on any atom is -0.308 e. The van der Waals surface area contributed by atoms with E-state index in [1.807, 2.05) is 11.7 Å². The van der Waals surface area contributed by atoms with Gasteiger partial charge >= 0.3 is 0 Å². The lowest BCUT2D eigenvalue weighted by Crippen LogP contribution is -2.32. The van der Waals surface area contributed by atoms with Crippen LogP contribution in [-0.4, -0.2) is 15.8 Å². The third kappa shape index (κ3) is 3.32. The molecule has 3 heteroatoms. The molecule has 3 nitrogen and oxygen atoms in total. The fourth-order valence-electron chi connectivity index (χ4n) is 2.62. The third-order valence-corrected chi connectivity index (χ3v) is 3.98. The van der Waals surface area contributed by atoms with Gasteiger partial charge in [0.25, 0.3) is 0 Å². The van der Waals surface area contributed by atoms with Gasteiger partial charge in [0.1, 0.15) is 0 Å². The van der Waals surface area contributed by atoms with Gasteiger partial charge < -0.3 is 5.32 Å². The van der Waals surface area contributed by atoms with Crippen LogP contribution in [0.15, 0.2) is 6.07 Å². The molecule has 0 atom stereocenters. The van der Waals surface area contributed by atoms with E-state index in [9.17, 15) is 0 Å². The zero-order chi connectivity index (χ0) is 12.3. The predicted octanol–water partition coefficient (Wildman–Crippen LogP) is 2.65.